The van der Waals surface area contributed by atoms with Gasteiger partial charge in [-0.3, -0.25) is 4.79 Å². The smallest absolute Gasteiger partial charge is 0.417 e. The summed E-state index contributed by atoms with van der Waals surface area (Å²) in [4.78, 5) is 26.5. The summed E-state index contributed by atoms with van der Waals surface area (Å²) in [6.45, 7) is 2.31. The van der Waals surface area contributed by atoms with Crippen LogP contribution in [0.25, 0.3) is 0 Å². The van der Waals surface area contributed by atoms with Gasteiger partial charge >= 0.3 is 6.09 Å². The van der Waals surface area contributed by atoms with Crippen LogP contribution < -0.4 is 0 Å². The lowest BCUT2D eigenvalue weighted by Gasteiger charge is -2.21. The zero-order valence-corrected chi connectivity index (χ0v) is 13.5. The van der Waals surface area contributed by atoms with Crippen molar-refractivity contribution in [2.75, 3.05) is 6.61 Å². The predicted octanol–water partition coefficient (Wildman–Crippen LogP) is 3.68. The summed E-state index contributed by atoms with van der Waals surface area (Å²) >= 11 is 0. The number of carbonyl (C=O) groups excluding carboxylic acids is 2. The van der Waals surface area contributed by atoms with Crippen LogP contribution in [-0.2, 0) is 14.9 Å². The molecule has 1 saturated carbocycles. The predicted molar refractivity (Wildman–Crippen MR) is 89.3 cm³/mol. The molecule has 1 aliphatic carbocycles. The van der Waals surface area contributed by atoms with Crippen molar-refractivity contribution >= 4 is 12.0 Å². The molecule has 0 bridgehead atoms. The van der Waals surface area contributed by atoms with Crippen molar-refractivity contribution in [2.45, 2.75) is 24.8 Å². The molecule has 4 rings (SSSR count). The third kappa shape index (κ3) is 2.30. The molecule has 2 aromatic rings. The zero-order chi connectivity index (χ0) is 16.7. The monoisotopic (exact) mass is 321 g/mol. The van der Waals surface area contributed by atoms with Crippen LogP contribution in [0.15, 0.2) is 60.7 Å². The van der Waals surface area contributed by atoms with Crippen molar-refractivity contribution in [3.05, 3.63) is 71.8 Å². The second kappa shape index (κ2) is 5.48. The van der Waals surface area contributed by atoms with Crippen molar-refractivity contribution in [1.82, 2.24) is 4.90 Å². The lowest BCUT2D eigenvalue weighted by Crippen LogP contribution is -2.36. The maximum absolute atomic E-state index is 13.0. The van der Waals surface area contributed by atoms with Gasteiger partial charge in [0.25, 0.3) is 0 Å². The van der Waals surface area contributed by atoms with E-state index in [1.54, 1.807) is 0 Å². The fraction of sp³-hybridized carbons (Fsp3) is 0.300. The Balaban J connectivity index is 1.59. The number of carbonyl (C=O) groups is 2. The number of imide groups is 1. The van der Waals surface area contributed by atoms with Gasteiger partial charge in [0.1, 0.15) is 12.6 Å². The van der Waals surface area contributed by atoms with Crippen LogP contribution >= 0.6 is 0 Å². The maximum Gasteiger partial charge on any atom is 0.417 e. The van der Waals surface area contributed by atoms with Crippen molar-refractivity contribution < 1.29 is 14.3 Å². The number of hydrogen-bond donors (Lipinski definition) is 0. The SMILES string of the molecule is C[C@@]1(c2ccccc2)C[C@H]1C(=O)N1C(=O)OCC1c1ccccc1. The lowest BCUT2D eigenvalue weighted by molar-refractivity contribution is -0.131. The molecular weight excluding hydrogens is 302 g/mol. The third-order valence-electron chi connectivity index (χ3n) is 5.26. The first-order valence-electron chi connectivity index (χ1n) is 8.21. The molecule has 2 amide bonds. The molecule has 1 heterocycles. The largest absolute Gasteiger partial charge is 0.446 e. The Kier molecular flexibility index (Phi) is 3.41. The van der Waals surface area contributed by atoms with Gasteiger partial charge in [0.2, 0.25) is 5.91 Å². The molecule has 0 aromatic heterocycles. The molecule has 2 aliphatic rings. The Bertz CT molecular complexity index is 774. The van der Waals surface area contributed by atoms with Gasteiger partial charge in [-0.2, -0.15) is 0 Å². The van der Waals surface area contributed by atoms with Gasteiger partial charge < -0.3 is 4.74 Å². The maximum atomic E-state index is 13.0. The molecule has 1 saturated heterocycles. The summed E-state index contributed by atoms with van der Waals surface area (Å²) in [6, 6.07) is 19.3. The topological polar surface area (TPSA) is 46.6 Å². The number of amides is 2. The number of cyclic esters (lactones) is 1. The van der Waals surface area contributed by atoms with Crippen LogP contribution in [0.5, 0.6) is 0 Å². The fourth-order valence-corrected chi connectivity index (χ4v) is 3.62. The molecule has 4 nitrogen and oxygen atoms in total. The first-order valence-corrected chi connectivity index (χ1v) is 8.21. The van der Waals surface area contributed by atoms with Crippen LogP contribution in [0.4, 0.5) is 4.79 Å². The Morgan fingerprint density at radius 1 is 1.08 bits per heavy atom. The molecule has 1 aliphatic heterocycles. The molecule has 1 unspecified atom stereocenters. The van der Waals surface area contributed by atoms with Crippen LogP contribution in [0.1, 0.15) is 30.5 Å². The number of rotatable bonds is 3. The van der Waals surface area contributed by atoms with Crippen LogP contribution in [-0.4, -0.2) is 23.5 Å². The Morgan fingerprint density at radius 2 is 1.71 bits per heavy atom. The Morgan fingerprint density at radius 3 is 2.38 bits per heavy atom. The number of benzene rings is 2. The lowest BCUT2D eigenvalue weighted by atomic mass is 9.95. The quantitative estimate of drug-likeness (QED) is 0.866. The first-order chi connectivity index (χ1) is 11.6. The van der Waals surface area contributed by atoms with Crippen LogP contribution in [0.3, 0.4) is 0 Å². The van der Waals surface area contributed by atoms with Crippen molar-refractivity contribution in [3.63, 3.8) is 0 Å². The summed E-state index contributed by atoms with van der Waals surface area (Å²) < 4.78 is 5.17. The summed E-state index contributed by atoms with van der Waals surface area (Å²) in [5.41, 5.74) is 1.88. The van der Waals surface area contributed by atoms with Crippen LogP contribution in [0.2, 0.25) is 0 Å². The first kappa shape index (κ1) is 14.9. The molecule has 4 heteroatoms. The van der Waals surface area contributed by atoms with E-state index in [2.05, 4.69) is 6.92 Å². The highest BCUT2D eigenvalue weighted by atomic mass is 16.6. The molecule has 2 fully saturated rings. The Labute approximate surface area is 141 Å². The van der Waals surface area contributed by atoms with E-state index >= 15 is 0 Å². The van der Waals surface area contributed by atoms with E-state index in [-0.39, 0.29) is 29.9 Å². The summed E-state index contributed by atoms with van der Waals surface area (Å²) in [5, 5.41) is 0. The third-order valence-corrected chi connectivity index (χ3v) is 5.26. The average molecular weight is 321 g/mol. The fourth-order valence-electron chi connectivity index (χ4n) is 3.62. The van der Waals surface area contributed by atoms with Crippen LogP contribution in [0, 0.1) is 5.92 Å². The van der Waals surface area contributed by atoms with E-state index in [1.807, 2.05) is 60.7 Å². The highest BCUT2D eigenvalue weighted by molar-refractivity contribution is 5.97. The molecular formula is C20H19NO3. The zero-order valence-electron chi connectivity index (χ0n) is 13.5. The second-order valence-electron chi connectivity index (χ2n) is 6.75. The van der Waals surface area contributed by atoms with Crippen molar-refractivity contribution in [1.29, 1.82) is 0 Å². The van der Waals surface area contributed by atoms with E-state index in [4.69, 9.17) is 4.74 Å². The van der Waals surface area contributed by atoms with Gasteiger partial charge in [-0.1, -0.05) is 67.6 Å². The van der Waals surface area contributed by atoms with E-state index in [1.165, 1.54) is 4.90 Å². The van der Waals surface area contributed by atoms with Gasteiger partial charge in [0, 0.05) is 11.3 Å². The number of nitrogens with zero attached hydrogens (tertiary/aromatic N) is 1. The molecule has 2 aromatic carbocycles. The van der Waals surface area contributed by atoms with Gasteiger partial charge in [-0.15, -0.1) is 0 Å². The van der Waals surface area contributed by atoms with E-state index in [9.17, 15) is 9.59 Å². The number of ether oxygens (including phenoxy) is 1. The van der Waals surface area contributed by atoms with Gasteiger partial charge in [-0.25, -0.2) is 9.69 Å². The second-order valence-corrected chi connectivity index (χ2v) is 6.75. The van der Waals surface area contributed by atoms with Crippen molar-refractivity contribution in [3.8, 4) is 0 Å². The minimum atomic E-state index is -0.531. The molecule has 24 heavy (non-hydrogen) atoms. The Hall–Kier alpha value is -2.62. The minimum Gasteiger partial charge on any atom is -0.446 e. The standard InChI is InChI=1S/C20H19NO3/c1-20(15-10-6-3-7-11-15)12-16(20)18(22)21-17(13-24-19(21)23)14-8-4-2-5-9-14/h2-11,16-17H,12-13H2,1H3/t16-,17?,20-/m0/s1. The summed E-state index contributed by atoms with van der Waals surface area (Å²) in [7, 11) is 0. The molecule has 122 valence electrons. The van der Waals surface area contributed by atoms with Gasteiger partial charge in [-0.05, 0) is 17.5 Å². The summed E-state index contributed by atoms with van der Waals surface area (Å²) in [5.74, 6) is -0.297. The highest BCUT2D eigenvalue weighted by Crippen LogP contribution is 2.55. The molecule has 0 radical (unpaired) electrons. The summed E-state index contributed by atoms with van der Waals surface area (Å²) in [6.07, 6.45) is 0.234. The van der Waals surface area contributed by atoms with E-state index in [0.717, 1.165) is 17.5 Å². The highest BCUT2D eigenvalue weighted by Gasteiger charge is 2.59. The molecule has 3 atom stereocenters. The van der Waals surface area contributed by atoms with Gasteiger partial charge in [0.15, 0.2) is 0 Å². The van der Waals surface area contributed by atoms with E-state index in [0.29, 0.717) is 0 Å². The normalized spacial score (nSPS) is 28.5. The average Bonchev–Trinajstić information content (AvgIpc) is 3.18. The molecule has 0 spiro atoms. The van der Waals surface area contributed by atoms with Gasteiger partial charge in [0.05, 0.1) is 0 Å². The van der Waals surface area contributed by atoms with E-state index < -0.39 is 6.09 Å². The number of hydrogen-bond acceptors (Lipinski definition) is 3. The van der Waals surface area contributed by atoms with Crippen molar-refractivity contribution in [2.24, 2.45) is 5.92 Å². The minimum absolute atomic E-state index is 0.127. The molecule has 0 N–H and O–H groups in total.